The lowest BCUT2D eigenvalue weighted by Crippen LogP contribution is -1.75. The minimum absolute atomic E-state index is 0.178. The second-order valence-corrected chi connectivity index (χ2v) is 2.59. The summed E-state index contributed by atoms with van der Waals surface area (Å²) in [6, 6.07) is 7.94. The number of hydrogen-bond donors (Lipinski definition) is 0. The quantitative estimate of drug-likeness (QED) is 0.560. The molecule has 0 amide bonds. The molecule has 1 heterocycles. The van der Waals surface area contributed by atoms with Crippen LogP contribution in [0.1, 0.15) is 26.7 Å². The molecule has 1 aliphatic heterocycles. The maximum Gasteiger partial charge on any atom is 0.123 e. The van der Waals surface area contributed by atoms with Crippen molar-refractivity contribution in [3.05, 3.63) is 61.6 Å². The Bertz CT molecular complexity index is 279. The Labute approximate surface area is 104 Å². The van der Waals surface area contributed by atoms with Gasteiger partial charge >= 0.3 is 0 Å². The summed E-state index contributed by atoms with van der Waals surface area (Å²) in [5.74, 6) is -0.178. The third-order valence-corrected chi connectivity index (χ3v) is 1.49. The van der Waals surface area contributed by atoms with Crippen LogP contribution in [-0.2, 0) is 0 Å². The molecule has 0 bridgehead atoms. The Hall–Kier alpha value is -1.70. The number of hydrogen-bond acceptors (Lipinski definition) is 1. The normalized spacial score (nSPS) is 10.8. The van der Waals surface area contributed by atoms with E-state index in [-0.39, 0.29) is 5.82 Å². The van der Waals surface area contributed by atoms with Crippen LogP contribution in [0.25, 0.3) is 0 Å². The van der Waals surface area contributed by atoms with E-state index < -0.39 is 0 Å². The lowest BCUT2D eigenvalue weighted by Gasteiger charge is -1.87. The molecule has 17 heavy (non-hydrogen) atoms. The van der Waals surface area contributed by atoms with Gasteiger partial charge in [-0.25, -0.2) is 4.39 Å². The van der Waals surface area contributed by atoms with Gasteiger partial charge in [-0.1, -0.05) is 38.1 Å². The maximum atomic E-state index is 11.9. The minimum Gasteiger partial charge on any atom is -0.269 e. The van der Waals surface area contributed by atoms with Crippen molar-refractivity contribution in [3.8, 4) is 0 Å². The minimum atomic E-state index is -0.178. The maximum absolute atomic E-state index is 11.9. The highest BCUT2D eigenvalue weighted by molar-refractivity contribution is 5.59. The predicted octanol–water partition coefficient (Wildman–Crippen LogP) is 5.02. The summed E-state index contributed by atoms with van der Waals surface area (Å²) < 4.78 is 11.9. The molecule has 0 spiro atoms. The second kappa shape index (κ2) is 16.7. The van der Waals surface area contributed by atoms with Gasteiger partial charge in [-0.05, 0) is 25.0 Å². The molecule has 0 atom stereocenters. The smallest absolute Gasteiger partial charge is 0.123 e. The van der Waals surface area contributed by atoms with Gasteiger partial charge in [-0.2, -0.15) is 0 Å². The third kappa shape index (κ3) is 14.3. The Morgan fingerprint density at radius 2 is 1.65 bits per heavy atom. The zero-order valence-corrected chi connectivity index (χ0v) is 10.8. The summed E-state index contributed by atoms with van der Waals surface area (Å²) in [6.07, 6.45) is 8.13. The van der Waals surface area contributed by atoms with Crippen molar-refractivity contribution in [2.75, 3.05) is 0 Å². The molecule has 0 unspecified atom stereocenters. The van der Waals surface area contributed by atoms with Crippen LogP contribution in [0.2, 0.25) is 0 Å². The number of aliphatic imine (C=N–C) groups is 1. The van der Waals surface area contributed by atoms with Crippen molar-refractivity contribution >= 4 is 6.21 Å². The van der Waals surface area contributed by atoms with Gasteiger partial charge in [0.1, 0.15) is 5.82 Å². The number of allylic oxidation sites excluding steroid dienone is 1. The molecular formula is C15H22FN. The van der Waals surface area contributed by atoms with E-state index in [1.54, 1.807) is 18.2 Å². The van der Waals surface area contributed by atoms with E-state index in [0.717, 1.165) is 6.42 Å². The van der Waals surface area contributed by atoms with Crippen LogP contribution in [0, 0.1) is 5.82 Å². The summed E-state index contributed by atoms with van der Waals surface area (Å²) in [5.41, 5.74) is 0. The third-order valence-electron chi connectivity index (χ3n) is 1.49. The van der Waals surface area contributed by atoms with E-state index in [9.17, 15) is 4.39 Å². The average molecular weight is 235 g/mol. The van der Waals surface area contributed by atoms with Crippen molar-refractivity contribution in [3.63, 3.8) is 0 Å². The van der Waals surface area contributed by atoms with Crippen LogP contribution in [-0.4, -0.2) is 6.21 Å². The summed E-state index contributed by atoms with van der Waals surface area (Å²) in [7, 11) is 0. The van der Waals surface area contributed by atoms with E-state index in [2.05, 4.69) is 24.2 Å². The lowest BCUT2D eigenvalue weighted by molar-refractivity contribution is 0.628. The van der Waals surface area contributed by atoms with Crippen LogP contribution in [0.5, 0.6) is 0 Å². The zero-order valence-electron chi connectivity index (χ0n) is 10.8. The average Bonchev–Trinajstić information content (AvgIpc) is 2.47. The first-order valence-electron chi connectivity index (χ1n) is 5.77. The molecule has 2 heteroatoms. The van der Waals surface area contributed by atoms with Crippen LogP contribution < -0.4 is 0 Å². The molecule has 94 valence electrons. The Morgan fingerprint density at radius 3 is 1.82 bits per heavy atom. The number of benzene rings is 1. The van der Waals surface area contributed by atoms with Crippen LogP contribution in [0.4, 0.5) is 4.39 Å². The standard InChI is InChI=1S/C6H5F.C5H7N.C2H6.C2H4/c7-6-4-2-1-3-5-6;1-2-4-6-5-3-1;2*1-2/h1-5H;2,4-5H,1,3H2;1-2H3;1-2H2. The molecule has 1 aromatic rings. The number of nitrogens with zero attached hydrogens (tertiary/aromatic N) is 1. The van der Waals surface area contributed by atoms with E-state index in [4.69, 9.17) is 0 Å². The van der Waals surface area contributed by atoms with Crippen molar-refractivity contribution in [2.24, 2.45) is 4.99 Å². The van der Waals surface area contributed by atoms with Crippen molar-refractivity contribution < 1.29 is 4.39 Å². The molecule has 0 radical (unpaired) electrons. The van der Waals surface area contributed by atoms with Gasteiger partial charge in [0.2, 0.25) is 0 Å². The van der Waals surface area contributed by atoms with Crippen molar-refractivity contribution in [1.82, 2.24) is 0 Å². The molecule has 1 aliphatic rings. The van der Waals surface area contributed by atoms with E-state index in [1.807, 2.05) is 26.3 Å². The van der Waals surface area contributed by atoms with Gasteiger partial charge in [-0.3, -0.25) is 4.99 Å². The van der Waals surface area contributed by atoms with Crippen LogP contribution in [0.3, 0.4) is 0 Å². The Morgan fingerprint density at radius 1 is 1.06 bits per heavy atom. The van der Waals surface area contributed by atoms with Gasteiger partial charge < -0.3 is 0 Å². The fourth-order valence-corrected chi connectivity index (χ4v) is 0.856. The van der Waals surface area contributed by atoms with Gasteiger partial charge in [0.15, 0.2) is 0 Å². The van der Waals surface area contributed by atoms with E-state index in [0.29, 0.717) is 0 Å². The van der Waals surface area contributed by atoms with Gasteiger partial charge in [-0.15, -0.1) is 13.2 Å². The highest BCUT2D eigenvalue weighted by Gasteiger charge is 1.78. The van der Waals surface area contributed by atoms with Crippen molar-refractivity contribution in [1.29, 1.82) is 0 Å². The zero-order chi connectivity index (χ0) is 13.4. The number of rotatable bonds is 0. The first-order chi connectivity index (χ1) is 8.39. The van der Waals surface area contributed by atoms with E-state index >= 15 is 0 Å². The molecule has 1 nitrogen and oxygen atoms in total. The summed E-state index contributed by atoms with van der Waals surface area (Å²) in [4.78, 5) is 3.87. The highest BCUT2D eigenvalue weighted by Crippen LogP contribution is 1.93. The molecule has 0 saturated heterocycles. The SMILES string of the molecule is C1=CN=CCC1.C=C.CC.Fc1ccccc1. The molecule has 1 aromatic carbocycles. The Kier molecular flexibility index (Phi) is 17.4. The molecule has 0 saturated carbocycles. The molecular weight excluding hydrogens is 213 g/mol. The highest BCUT2D eigenvalue weighted by atomic mass is 19.1. The van der Waals surface area contributed by atoms with Gasteiger partial charge in [0.05, 0.1) is 0 Å². The van der Waals surface area contributed by atoms with Gasteiger partial charge in [0.25, 0.3) is 0 Å². The van der Waals surface area contributed by atoms with Crippen molar-refractivity contribution in [2.45, 2.75) is 26.7 Å². The molecule has 0 fully saturated rings. The van der Waals surface area contributed by atoms with Gasteiger partial charge in [0, 0.05) is 12.4 Å². The predicted molar refractivity (Wildman–Crippen MR) is 75.9 cm³/mol. The second-order valence-electron chi connectivity index (χ2n) is 2.59. The lowest BCUT2D eigenvalue weighted by atomic mass is 10.3. The first-order valence-corrected chi connectivity index (χ1v) is 5.77. The summed E-state index contributed by atoms with van der Waals surface area (Å²) in [5, 5.41) is 0. The molecule has 0 aliphatic carbocycles. The molecule has 0 aromatic heterocycles. The fourth-order valence-electron chi connectivity index (χ4n) is 0.856. The largest absolute Gasteiger partial charge is 0.269 e. The summed E-state index contributed by atoms with van der Waals surface area (Å²) in [6.45, 7) is 10.0. The summed E-state index contributed by atoms with van der Waals surface area (Å²) >= 11 is 0. The Balaban J connectivity index is 0. The van der Waals surface area contributed by atoms with E-state index in [1.165, 1.54) is 18.6 Å². The first kappa shape index (κ1) is 17.7. The van der Waals surface area contributed by atoms with Crippen LogP contribution in [0.15, 0.2) is 60.8 Å². The fraction of sp³-hybridized carbons (Fsp3) is 0.267. The molecule has 0 N–H and O–H groups in total. The van der Waals surface area contributed by atoms with Crippen LogP contribution >= 0.6 is 0 Å². The monoisotopic (exact) mass is 235 g/mol. The number of halogens is 1. The molecule has 2 rings (SSSR count). The topological polar surface area (TPSA) is 12.4 Å².